The molecule has 0 aliphatic heterocycles. The highest BCUT2D eigenvalue weighted by molar-refractivity contribution is 5.13. The van der Waals surface area contributed by atoms with Gasteiger partial charge >= 0.3 is 0 Å². The molecule has 1 atom stereocenters. The quantitative estimate of drug-likeness (QED) is 0.801. The zero-order chi connectivity index (χ0) is 11.7. The van der Waals surface area contributed by atoms with Gasteiger partial charge in [-0.3, -0.25) is 0 Å². The molecule has 0 aromatic carbocycles. The molecular weight excluding hydrogens is 211 g/mol. The molecule has 0 bridgehead atoms. The Morgan fingerprint density at radius 3 is 2.56 bits per heavy atom. The normalized spacial score (nSPS) is 12.8. The molecule has 2 aromatic rings. The third-order valence-electron chi connectivity index (χ3n) is 1.94. The Kier molecular flexibility index (Phi) is 2.61. The van der Waals surface area contributed by atoms with Crippen molar-refractivity contribution >= 4 is 0 Å². The molecule has 2 aromatic heterocycles. The summed E-state index contributed by atoms with van der Waals surface area (Å²) in [4.78, 5) is 11.8. The fourth-order valence-corrected chi connectivity index (χ4v) is 1.29. The van der Waals surface area contributed by atoms with Crippen molar-refractivity contribution < 1.29 is 4.39 Å². The SMILES string of the molecule is Cc1nc(C(C)N)n(-c2ncc(F)cn2)n1. The molecule has 7 heteroatoms. The van der Waals surface area contributed by atoms with Gasteiger partial charge in [-0.15, -0.1) is 5.10 Å². The lowest BCUT2D eigenvalue weighted by Gasteiger charge is -2.05. The summed E-state index contributed by atoms with van der Waals surface area (Å²) in [6.07, 6.45) is 2.15. The molecule has 0 amide bonds. The van der Waals surface area contributed by atoms with Gasteiger partial charge in [0, 0.05) is 0 Å². The summed E-state index contributed by atoms with van der Waals surface area (Å²) in [6, 6.07) is -0.296. The van der Waals surface area contributed by atoms with Gasteiger partial charge < -0.3 is 5.73 Å². The lowest BCUT2D eigenvalue weighted by Crippen LogP contribution is -2.15. The van der Waals surface area contributed by atoms with E-state index in [1.807, 2.05) is 0 Å². The molecule has 6 nitrogen and oxygen atoms in total. The Morgan fingerprint density at radius 1 is 1.38 bits per heavy atom. The first-order valence-corrected chi connectivity index (χ1v) is 4.75. The molecule has 2 N–H and O–H groups in total. The second-order valence-electron chi connectivity index (χ2n) is 3.42. The lowest BCUT2D eigenvalue weighted by molar-refractivity contribution is 0.603. The van der Waals surface area contributed by atoms with Gasteiger partial charge in [0.15, 0.2) is 11.6 Å². The minimum atomic E-state index is -0.497. The van der Waals surface area contributed by atoms with E-state index in [4.69, 9.17) is 5.73 Å². The number of nitrogens with zero attached hydrogens (tertiary/aromatic N) is 5. The molecule has 0 radical (unpaired) electrons. The average Bonchev–Trinajstić information content (AvgIpc) is 2.61. The van der Waals surface area contributed by atoms with Crippen LogP contribution in [0.15, 0.2) is 12.4 Å². The van der Waals surface area contributed by atoms with Crippen molar-refractivity contribution in [2.45, 2.75) is 19.9 Å². The summed E-state index contributed by atoms with van der Waals surface area (Å²) in [5, 5.41) is 4.11. The van der Waals surface area contributed by atoms with Gasteiger partial charge in [0.05, 0.1) is 18.4 Å². The fourth-order valence-electron chi connectivity index (χ4n) is 1.29. The number of nitrogens with two attached hydrogens (primary N) is 1. The van der Waals surface area contributed by atoms with Crippen LogP contribution < -0.4 is 5.73 Å². The van der Waals surface area contributed by atoms with E-state index in [1.165, 1.54) is 4.68 Å². The summed E-state index contributed by atoms with van der Waals surface area (Å²) in [5.41, 5.74) is 5.74. The zero-order valence-electron chi connectivity index (χ0n) is 8.92. The van der Waals surface area contributed by atoms with Crippen LogP contribution in [0.25, 0.3) is 5.95 Å². The van der Waals surface area contributed by atoms with Crippen LogP contribution in [0.5, 0.6) is 0 Å². The summed E-state index contributed by atoms with van der Waals surface area (Å²) in [5.74, 6) is 0.876. The van der Waals surface area contributed by atoms with E-state index in [9.17, 15) is 4.39 Å². The maximum atomic E-state index is 12.7. The van der Waals surface area contributed by atoms with Gasteiger partial charge in [0.2, 0.25) is 0 Å². The van der Waals surface area contributed by atoms with Gasteiger partial charge in [-0.25, -0.2) is 19.3 Å². The van der Waals surface area contributed by atoms with Gasteiger partial charge in [-0.2, -0.15) is 4.68 Å². The van der Waals surface area contributed by atoms with Crippen molar-refractivity contribution in [1.82, 2.24) is 24.7 Å². The lowest BCUT2D eigenvalue weighted by atomic mass is 10.3. The molecule has 0 saturated carbocycles. The van der Waals surface area contributed by atoms with E-state index in [2.05, 4.69) is 20.1 Å². The summed E-state index contributed by atoms with van der Waals surface area (Å²) in [6.45, 7) is 3.52. The van der Waals surface area contributed by atoms with Crippen LogP contribution in [0.4, 0.5) is 4.39 Å². The number of hydrogen-bond donors (Lipinski definition) is 1. The topological polar surface area (TPSA) is 82.5 Å². The predicted molar refractivity (Wildman–Crippen MR) is 54.2 cm³/mol. The number of aryl methyl sites for hydroxylation is 1. The van der Waals surface area contributed by atoms with E-state index in [0.29, 0.717) is 11.6 Å². The molecule has 84 valence electrons. The van der Waals surface area contributed by atoms with Crippen molar-refractivity contribution in [2.75, 3.05) is 0 Å². The van der Waals surface area contributed by atoms with Crippen molar-refractivity contribution in [1.29, 1.82) is 0 Å². The van der Waals surface area contributed by atoms with Crippen molar-refractivity contribution in [3.63, 3.8) is 0 Å². The molecule has 0 aliphatic carbocycles. The Labute approximate surface area is 91.4 Å². The average molecular weight is 222 g/mol. The highest BCUT2D eigenvalue weighted by Crippen LogP contribution is 2.10. The third-order valence-corrected chi connectivity index (χ3v) is 1.94. The van der Waals surface area contributed by atoms with Gasteiger partial charge in [0.25, 0.3) is 5.95 Å². The first-order valence-electron chi connectivity index (χ1n) is 4.75. The first-order chi connectivity index (χ1) is 7.58. The van der Waals surface area contributed by atoms with E-state index in [1.54, 1.807) is 13.8 Å². The van der Waals surface area contributed by atoms with Crippen LogP contribution >= 0.6 is 0 Å². The molecule has 0 fully saturated rings. The molecule has 16 heavy (non-hydrogen) atoms. The number of aromatic nitrogens is 5. The number of rotatable bonds is 2. The van der Waals surface area contributed by atoms with Crippen LogP contribution in [0.2, 0.25) is 0 Å². The molecule has 1 unspecified atom stereocenters. The van der Waals surface area contributed by atoms with Crippen molar-refractivity contribution in [2.24, 2.45) is 5.73 Å². The van der Waals surface area contributed by atoms with E-state index >= 15 is 0 Å². The smallest absolute Gasteiger partial charge is 0.252 e. The maximum Gasteiger partial charge on any atom is 0.252 e. The van der Waals surface area contributed by atoms with Gasteiger partial charge in [0.1, 0.15) is 5.82 Å². The van der Waals surface area contributed by atoms with Crippen LogP contribution in [-0.4, -0.2) is 24.7 Å². The maximum absolute atomic E-state index is 12.7. The summed E-state index contributed by atoms with van der Waals surface area (Å²) < 4.78 is 14.1. The van der Waals surface area contributed by atoms with Crippen molar-refractivity contribution in [3.8, 4) is 5.95 Å². The monoisotopic (exact) mass is 222 g/mol. The molecule has 0 saturated heterocycles. The summed E-state index contributed by atoms with van der Waals surface area (Å²) >= 11 is 0. The van der Waals surface area contributed by atoms with Crippen LogP contribution in [-0.2, 0) is 0 Å². The molecule has 0 aliphatic rings. The Bertz CT molecular complexity index is 489. The minimum Gasteiger partial charge on any atom is -0.322 e. The van der Waals surface area contributed by atoms with Crippen LogP contribution in [0, 0.1) is 12.7 Å². The third kappa shape index (κ3) is 1.89. The Balaban J connectivity index is 2.50. The van der Waals surface area contributed by atoms with Crippen molar-refractivity contribution in [3.05, 3.63) is 29.9 Å². The molecule has 2 heterocycles. The first kappa shape index (κ1) is 10.6. The molecule has 0 spiro atoms. The van der Waals surface area contributed by atoms with E-state index in [0.717, 1.165) is 12.4 Å². The van der Waals surface area contributed by atoms with E-state index < -0.39 is 5.82 Å². The van der Waals surface area contributed by atoms with Gasteiger partial charge in [-0.1, -0.05) is 0 Å². The predicted octanol–water partition coefficient (Wildman–Crippen LogP) is 0.525. The number of halogens is 1. The molecule has 2 rings (SSSR count). The standard InChI is InChI=1S/C9H11FN6/c1-5(11)8-14-6(2)15-16(8)9-12-3-7(10)4-13-9/h3-5H,11H2,1-2H3. The Morgan fingerprint density at radius 2 is 2.00 bits per heavy atom. The van der Waals surface area contributed by atoms with Crippen LogP contribution in [0.3, 0.4) is 0 Å². The Hall–Kier alpha value is -1.89. The fraction of sp³-hybridized carbons (Fsp3) is 0.333. The summed E-state index contributed by atoms with van der Waals surface area (Å²) in [7, 11) is 0. The second-order valence-corrected chi connectivity index (χ2v) is 3.42. The number of hydrogen-bond acceptors (Lipinski definition) is 5. The highest BCUT2D eigenvalue weighted by Gasteiger charge is 2.14. The molecular formula is C9H11FN6. The minimum absolute atomic E-state index is 0.259. The van der Waals surface area contributed by atoms with Crippen LogP contribution in [0.1, 0.15) is 24.6 Å². The van der Waals surface area contributed by atoms with Gasteiger partial charge in [-0.05, 0) is 13.8 Å². The highest BCUT2D eigenvalue weighted by atomic mass is 19.1. The zero-order valence-corrected chi connectivity index (χ0v) is 8.92. The van der Waals surface area contributed by atoms with E-state index in [-0.39, 0.29) is 12.0 Å². The second kappa shape index (κ2) is 3.93. The largest absolute Gasteiger partial charge is 0.322 e.